The molecule has 2 atom stereocenters. The number of carbonyl (C=O) groups excluding carboxylic acids is 2. The number of benzene rings is 1. The number of hydrogen-bond acceptors (Lipinski definition) is 3. The van der Waals surface area contributed by atoms with E-state index in [1.165, 1.54) is 0 Å². The van der Waals surface area contributed by atoms with Crippen LogP contribution in [-0.2, 0) is 11.3 Å². The van der Waals surface area contributed by atoms with Crippen LogP contribution < -0.4 is 5.32 Å². The van der Waals surface area contributed by atoms with Crippen molar-refractivity contribution in [3.05, 3.63) is 65.5 Å². The molecule has 0 radical (unpaired) electrons. The molecular formula is C25H31N3O2. The van der Waals surface area contributed by atoms with Gasteiger partial charge in [-0.3, -0.25) is 14.6 Å². The van der Waals surface area contributed by atoms with Crippen LogP contribution in [0.5, 0.6) is 0 Å². The second-order valence-corrected chi connectivity index (χ2v) is 8.66. The Morgan fingerprint density at radius 3 is 2.60 bits per heavy atom. The molecule has 1 saturated carbocycles. The van der Waals surface area contributed by atoms with Gasteiger partial charge in [-0.2, -0.15) is 0 Å². The maximum atomic E-state index is 13.7. The van der Waals surface area contributed by atoms with E-state index in [9.17, 15) is 9.59 Å². The fraction of sp³-hybridized carbons (Fsp3) is 0.480. The summed E-state index contributed by atoms with van der Waals surface area (Å²) < 4.78 is 0. The van der Waals surface area contributed by atoms with Gasteiger partial charge in [0.05, 0.1) is 23.7 Å². The molecule has 5 nitrogen and oxygen atoms in total. The number of rotatable bonds is 5. The van der Waals surface area contributed by atoms with E-state index < -0.39 is 5.54 Å². The van der Waals surface area contributed by atoms with Crippen molar-refractivity contribution in [1.29, 1.82) is 0 Å². The molecule has 30 heavy (non-hydrogen) atoms. The van der Waals surface area contributed by atoms with Crippen LogP contribution in [0.1, 0.15) is 79.9 Å². The third-order valence-electron chi connectivity index (χ3n) is 6.92. The van der Waals surface area contributed by atoms with E-state index >= 15 is 0 Å². The predicted molar refractivity (Wildman–Crippen MR) is 117 cm³/mol. The molecule has 0 bridgehead atoms. The summed E-state index contributed by atoms with van der Waals surface area (Å²) in [5, 5.41) is 3.13. The molecule has 2 aromatic rings. The Balaban J connectivity index is 1.76. The monoisotopic (exact) mass is 405 g/mol. The minimum atomic E-state index is -0.451. The zero-order valence-corrected chi connectivity index (χ0v) is 17.9. The van der Waals surface area contributed by atoms with Gasteiger partial charge < -0.3 is 10.2 Å². The molecule has 2 amide bonds. The summed E-state index contributed by atoms with van der Waals surface area (Å²) in [4.78, 5) is 33.7. The van der Waals surface area contributed by atoms with Gasteiger partial charge >= 0.3 is 0 Å². The summed E-state index contributed by atoms with van der Waals surface area (Å²) >= 11 is 0. The highest BCUT2D eigenvalue weighted by Crippen LogP contribution is 2.50. The average molecular weight is 406 g/mol. The lowest BCUT2D eigenvalue weighted by atomic mass is 9.64. The third kappa shape index (κ3) is 3.51. The Labute approximate surface area is 178 Å². The average Bonchev–Trinajstić information content (AvgIpc) is 2.79. The van der Waals surface area contributed by atoms with E-state index in [2.05, 4.69) is 29.0 Å². The molecule has 1 fully saturated rings. The molecule has 1 aliphatic carbocycles. The lowest BCUT2D eigenvalue weighted by Gasteiger charge is -2.55. The normalized spacial score (nSPS) is 21.2. The smallest absolute Gasteiger partial charge is 0.254 e. The van der Waals surface area contributed by atoms with Crippen LogP contribution in [0.15, 0.2) is 48.7 Å². The predicted octanol–water partition coefficient (Wildman–Crippen LogP) is 4.44. The van der Waals surface area contributed by atoms with Crippen LogP contribution in [0.4, 0.5) is 0 Å². The van der Waals surface area contributed by atoms with Crippen molar-refractivity contribution in [1.82, 2.24) is 15.2 Å². The van der Waals surface area contributed by atoms with E-state index in [1.54, 1.807) is 6.20 Å². The lowest BCUT2D eigenvalue weighted by molar-refractivity contribution is -0.128. The molecule has 1 N–H and O–H groups in total. The van der Waals surface area contributed by atoms with Gasteiger partial charge in [-0.25, -0.2) is 0 Å². The van der Waals surface area contributed by atoms with Crippen molar-refractivity contribution in [3.8, 4) is 0 Å². The van der Waals surface area contributed by atoms with E-state index in [4.69, 9.17) is 0 Å². The lowest BCUT2D eigenvalue weighted by Crippen LogP contribution is -2.64. The second-order valence-electron chi connectivity index (χ2n) is 8.66. The number of amides is 2. The van der Waals surface area contributed by atoms with Gasteiger partial charge in [0.15, 0.2) is 0 Å². The van der Waals surface area contributed by atoms with Gasteiger partial charge in [0.2, 0.25) is 5.91 Å². The summed E-state index contributed by atoms with van der Waals surface area (Å²) in [6, 6.07) is 13.5. The fourth-order valence-electron chi connectivity index (χ4n) is 5.39. The Morgan fingerprint density at radius 2 is 1.90 bits per heavy atom. The molecule has 2 aliphatic rings. The van der Waals surface area contributed by atoms with Crippen LogP contribution in [0.2, 0.25) is 0 Å². The first kappa shape index (κ1) is 20.6. The van der Waals surface area contributed by atoms with Crippen LogP contribution in [0.25, 0.3) is 0 Å². The first-order valence-corrected chi connectivity index (χ1v) is 11.2. The molecule has 1 aromatic heterocycles. The van der Waals surface area contributed by atoms with Crippen LogP contribution >= 0.6 is 0 Å². The fourth-order valence-corrected chi connectivity index (χ4v) is 5.39. The Kier molecular flexibility index (Phi) is 5.89. The van der Waals surface area contributed by atoms with Gasteiger partial charge in [-0.15, -0.1) is 0 Å². The zero-order valence-electron chi connectivity index (χ0n) is 17.9. The minimum absolute atomic E-state index is 0.00388. The van der Waals surface area contributed by atoms with E-state index in [0.29, 0.717) is 12.1 Å². The molecule has 1 aliphatic heterocycles. The van der Waals surface area contributed by atoms with Gasteiger partial charge in [-0.1, -0.05) is 50.5 Å². The Morgan fingerprint density at radius 1 is 1.17 bits per heavy atom. The molecule has 5 heteroatoms. The van der Waals surface area contributed by atoms with Crippen molar-refractivity contribution in [2.24, 2.45) is 0 Å². The number of pyridine rings is 1. The molecule has 158 valence electrons. The standard InChI is InChI=1S/C25H31N3O2/c1-3-18(2)28-24(30)21-13-6-5-12-20(21)22(25(28)14-8-4-9-15-25)23(29)27-17-19-11-7-10-16-26-19/h5-7,10-13,16,18,22H,3-4,8-9,14-15,17H2,1-2H3,(H,27,29)/t18-,22+/m1/s1. The summed E-state index contributed by atoms with van der Waals surface area (Å²) in [5.74, 6) is -0.282. The SMILES string of the molecule is CC[C@@H](C)N1C(=O)c2ccccc2[C@@H](C(=O)NCc2ccccn2)C12CCCCC2. The van der Waals surface area contributed by atoms with Crippen molar-refractivity contribution >= 4 is 11.8 Å². The number of fused-ring (bicyclic) bond motifs is 1. The highest BCUT2D eigenvalue weighted by atomic mass is 16.2. The second kappa shape index (κ2) is 8.58. The van der Waals surface area contributed by atoms with Gasteiger partial charge in [-0.05, 0) is 49.9 Å². The number of nitrogens with one attached hydrogen (secondary N) is 1. The van der Waals surface area contributed by atoms with Crippen LogP contribution in [0, 0.1) is 0 Å². The summed E-state index contributed by atoms with van der Waals surface area (Å²) in [7, 11) is 0. The first-order valence-electron chi connectivity index (χ1n) is 11.2. The van der Waals surface area contributed by atoms with Gasteiger partial charge in [0.1, 0.15) is 0 Å². The maximum Gasteiger partial charge on any atom is 0.254 e. The summed E-state index contributed by atoms with van der Waals surface area (Å²) in [6.07, 6.45) is 7.62. The van der Waals surface area contributed by atoms with Crippen molar-refractivity contribution < 1.29 is 9.59 Å². The summed E-state index contributed by atoms with van der Waals surface area (Å²) in [5.41, 5.74) is 1.93. The highest BCUT2D eigenvalue weighted by molar-refractivity contribution is 6.02. The van der Waals surface area contributed by atoms with Crippen molar-refractivity contribution in [2.45, 2.75) is 76.4 Å². The Bertz CT molecular complexity index is 906. The number of carbonyl (C=O) groups is 2. The van der Waals surface area contributed by atoms with Crippen molar-refractivity contribution in [2.75, 3.05) is 0 Å². The number of hydrogen-bond donors (Lipinski definition) is 1. The first-order chi connectivity index (χ1) is 14.6. The Hall–Kier alpha value is -2.69. The number of nitrogens with zero attached hydrogens (tertiary/aromatic N) is 2. The highest BCUT2D eigenvalue weighted by Gasteiger charge is 2.55. The minimum Gasteiger partial charge on any atom is -0.350 e. The molecule has 2 heterocycles. The number of aromatic nitrogens is 1. The molecule has 0 unspecified atom stereocenters. The van der Waals surface area contributed by atoms with Crippen molar-refractivity contribution in [3.63, 3.8) is 0 Å². The topological polar surface area (TPSA) is 62.3 Å². The van der Waals surface area contributed by atoms with E-state index in [-0.39, 0.29) is 23.8 Å². The van der Waals surface area contributed by atoms with Crippen LogP contribution in [-0.4, -0.2) is 33.3 Å². The molecule has 4 rings (SSSR count). The maximum absolute atomic E-state index is 13.7. The summed E-state index contributed by atoms with van der Waals surface area (Å²) in [6.45, 7) is 4.63. The molecule has 1 aromatic carbocycles. The zero-order chi connectivity index (χ0) is 21.1. The van der Waals surface area contributed by atoms with E-state index in [0.717, 1.165) is 49.8 Å². The largest absolute Gasteiger partial charge is 0.350 e. The molecule has 0 saturated heterocycles. The molecule has 1 spiro atoms. The van der Waals surface area contributed by atoms with E-state index in [1.807, 2.05) is 42.5 Å². The molecular weight excluding hydrogens is 374 g/mol. The van der Waals surface area contributed by atoms with Gasteiger partial charge in [0, 0.05) is 17.8 Å². The van der Waals surface area contributed by atoms with Gasteiger partial charge in [0.25, 0.3) is 5.91 Å². The third-order valence-corrected chi connectivity index (χ3v) is 6.92. The quantitative estimate of drug-likeness (QED) is 0.800. The van der Waals surface area contributed by atoms with Crippen LogP contribution in [0.3, 0.4) is 0 Å².